The molecule has 286 valence electrons. The van der Waals surface area contributed by atoms with E-state index >= 15 is 0 Å². The largest absolute Gasteiger partial charge is 0.310 e. The van der Waals surface area contributed by atoms with Gasteiger partial charge in [-0.15, -0.1) is 0 Å². The zero-order valence-electron chi connectivity index (χ0n) is 33.8. The highest BCUT2D eigenvalue weighted by molar-refractivity contribution is 6.19. The average Bonchev–Trinajstić information content (AvgIpc) is 3.95. The number of hydrogen-bond acceptors (Lipinski definition) is 1. The zero-order valence-corrected chi connectivity index (χ0v) is 33.8. The first-order valence-corrected chi connectivity index (χ1v) is 21.7. The Morgan fingerprint density at radius 1 is 0.274 bits per heavy atom. The molecule has 0 fully saturated rings. The van der Waals surface area contributed by atoms with Gasteiger partial charge in [-0.25, -0.2) is 0 Å². The van der Waals surface area contributed by atoms with Crippen LogP contribution in [0.25, 0.3) is 88.0 Å². The first-order chi connectivity index (χ1) is 30.8. The maximum atomic E-state index is 2.51. The fourth-order valence-electron chi connectivity index (χ4n) is 11.6. The molecule has 11 aromatic carbocycles. The summed E-state index contributed by atoms with van der Waals surface area (Å²) in [5.74, 6) is 0. The molecule has 0 radical (unpaired) electrons. The second-order valence-electron chi connectivity index (χ2n) is 17.1. The maximum Gasteiger partial charge on any atom is 0.0726 e. The van der Waals surface area contributed by atoms with Crippen molar-refractivity contribution >= 4 is 49.4 Å². The summed E-state index contributed by atoms with van der Waals surface area (Å²) in [6.07, 6.45) is 0. The predicted octanol–water partition coefficient (Wildman–Crippen LogP) is 16.3. The van der Waals surface area contributed by atoms with Crippen LogP contribution in [0.4, 0.5) is 17.1 Å². The van der Waals surface area contributed by atoms with Crippen molar-refractivity contribution in [2.24, 2.45) is 0 Å². The lowest BCUT2D eigenvalue weighted by atomic mass is 9.70. The summed E-state index contributed by atoms with van der Waals surface area (Å²) in [6.45, 7) is 0. The van der Waals surface area contributed by atoms with Gasteiger partial charge in [0.1, 0.15) is 0 Å². The monoisotopic (exact) mass is 783 g/mol. The van der Waals surface area contributed by atoms with E-state index in [1.165, 1.54) is 116 Å². The van der Waals surface area contributed by atoms with Gasteiger partial charge in [0.05, 0.1) is 11.1 Å². The Labute approximate surface area is 360 Å². The van der Waals surface area contributed by atoms with Crippen LogP contribution in [0.1, 0.15) is 22.3 Å². The van der Waals surface area contributed by atoms with Crippen LogP contribution < -0.4 is 4.90 Å². The van der Waals surface area contributed by atoms with Crippen molar-refractivity contribution in [3.8, 4) is 55.6 Å². The predicted molar refractivity (Wildman–Crippen MR) is 260 cm³/mol. The molecule has 0 saturated carbocycles. The summed E-state index contributed by atoms with van der Waals surface area (Å²) in [7, 11) is 0. The van der Waals surface area contributed by atoms with Crippen LogP contribution in [0, 0.1) is 0 Å². The van der Waals surface area contributed by atoms with E-state index in [1.807, 2.05) is 0 Å². The fourth-order valence-corrected chi connectivity index (χ4v) is 11.6. The molecule has 1 spiro atoms. The smallest absolute Gasteiger partial charge is 0.0726 e. The van der Waals surface area contributed by atoms with Gasteiger partial charge >= 0.3 is 0 Å². The second kappa shape index (κ2) is 12.5. The topological polar surface area (TPSA) is 3.24 Å². The van der Waals surface area contributed by atoms with Gasteiger partial charge in [0.25, 0.3) is 0 Å². The summed E-state index contributed by atoms with van der Waals surface area (Å²) in [4.78, 5) is 2.51. The van der Waals surface area contributed by atoms with Crippen molar-refractivity contribution in [1.82, 2.24) is 0 Å². The average molecular weight is 784 g/mol. The molecule has 0 saturated heterocycles. The Morgan fingerprint density at radius 3 is 1.48 bits per heavy atom. The Morgan fingerprint density at radius 2 is 0.774 bits per heavy atom. The van der Waals surface area contributed by atoms with Crippen molar-refractivity contribution in [3.05, 3.63) is 247 Å². The van der Waals surface area contributed by atoms with Crippen LogP contribution in [-0.2, 0) is 5.41 Å². The van der Waals surface area contributed by atoms with Gasteiger partial charge in [-0.3, -0.25) is 0 Å². The van der Waals surface area contributed by atoms with E-state index in [9.17, 15) is 0 Å². The quantitative estimate of drug-likeness (QED) is 0.161. The molecule has 0 aliphatic heterocycles. The summed E-state index contributed by atoms with van der Waals surface area (Å²) in [5, 5.41) is 7.67. The van der Waals surface area contributed by atoms with Crippen LogP contribution >= 0.6 is 0 Å². The molecule has 0 unspecified atom stereocenters. The second-order valence-corrected chi connectivity index (χ2v) is 17.1. The Hall–Kier alpha value is -8.00. The highest BCUT2D eigenvalue weighted by atomic mass is 15.1. The molecule has 14 rings (SSSR count). The summed E-state index contributed by atoms with van der Waals surface area (Å²) in [6, 6.07) is 84.2. The van der Waals surface area contributed by atoms with E-state index in [4.69, 9.17) is 0 Å². The van der Waals surface area contributed by atoms with E-state index in [2.05, 4.69) is 229 Å². The van der Waals surface area contributed by atoms with Gasteiger partial charge in [0.2, 0.25) is 0 Å². The lowest BCUT2D eigenvalue weighted by Crippen LogP contribution is -2.26. The number of rotatable bonds is 4. The number of hydrogen-bond donors (Lipinski definition) is 0. The van der Waals surface area contributed by atoms with E-state index in [0.717, 1.165) is 11.4 Å². The summed E-state index contributed by atoms with van der Waals surface area (Å²) >= 11 is 0. The standard InChI is InChI=1S/C61H37N/c1-2-13-44-39(12-1)24-25-41-36-40(28-32-45(41)44)38-26-29-42(30-27-38)62(59-35-34-53-47-15-4-3-14-46(47)52-19-11-20-54(59)60(52)53)43-31-33-51-50-18-7-10-23-57(50)61(58(51)37-43)55-21-8-5-16-48(55)49-17-6-9-22-56(49)61/h1-37H. The van der Waals surface area contributed by atoms with Crippen LogP contribution in [0.3, 0.4) is 0 Å². The molecule has 11 aromatic rings. The van der Waals surface area contributed by atoms with Crippen LogP contribution in [0.15, 0.2) is 224 Å². The van der Waals surface area contributed by atoms with Crippen molar-refractivity contribution < 1.29 is 0 Å². The molecule has 0 bridgehead atoms. The lowest BCUT2D eigenvalue weighted by Gasteiger charge is -2.32. The molecule has 0 heterocycles. The van der Waals surface area contributed by atoms with E-state index in [0.29, 0.717) is 0 Å². The van der Waals surface area contributed by atoms with Gasteiger partial charge in [0.15, 0.2) is 0 Å². The molecule has 3 aliphatic rings. The molecule has 3 aliphatic carbocycles. The molecule has 0 N–H and O–H groups in total. The van der Waals surface area contributed by atoms with Gasteiger partial charge in [-0.2, -0.15) is 0 Å². The number of benzene rings is 11. The SMILES string of the molecule is c1ccc2c(c1)-c1cccc3c(N(c4ccc(-c5ccc6c(ccc7ccccc76)c5)cc4)c4ccc5c(c4)C4(c6ccccc6-c6ccccc64)c4ccccc4-5)ccc-2c13. The van der Waals surface area contributed by atoms with Crippen LogP contribution in [0.2, 0.25) is 0 Å². The zero-order chi connectivity index (χ0) is 40.5. The van der Waals surface area contributed by atoms with Gasteiger partial charge in [0, 0.05) is 16.8 Å². The van der Waals surface area contributed by atoms with E-state index < -0.39 is 5.41 Å². The van der Waals surface area contributed by atoms with E-state index in [-0.39, 0.29) is 0 Å². The molecule has 1 nitrogen and oxygen atoms in total. The number of fused-ring (bicyclic) bond motifs is 16. The minimum atomic E-state index is -0.435. The highest BCUT2D eigenvalue weighted by Gasteiger charge is 2.51. The third-order valence-electron chi connectivity index (χ3n) is 14.2. The van der Waals surface area contributed by atoms with Crippen LogP contribution in [0.5, 0.6) is 0 Å². The van der Waals surface area contributed by atoms with Gasteiger partial charge < -0.3 is 4.90 Å². The Bertz CT molecular complexity index is 3610. The first-order valence-electron chi connectivity index (χ1n) is 21.7. The molecular weight excluding hydrogens is 747 g/mol. The fraction of sp³-hybridized carbons (Fsp3) is 0.0164. The minimum Gasteiger partial charge on any atom is -0.310 e. The summed E-state index contributed by atoms with van der Waals surface area (Å²) < 4.78 is 0. The van der Waals surface area contributed by atoms with Gasteiger partial charge in [-0.1, -0.05) is 188 Å². The highest BCUT2D eigenvalue weighted by Crippen LogP contribution is 2.63. The molecule has 62 heavy (non-hydrogen) atoms. The lowest BCUT2D eigenvalue weighted by molar-refractivity contribution is 0.793. The first kappa shape index (κ1) is 33.8. The molecule has 0 amide bonds. The van der Waals surface area contributed by atoms with Crippen molar-refractivity contribution in [3.63, 3.8) is 0 Å². The molecular formula is C61H37N. The third-order valence-corrected chi connectivity index (χ3v) is 14.2. The molecule has 0 atom stereocenters. The molecule has 0 aromatic heterocycles. The van der Waals surface area contributed by atoms with Crippen LogP contribution in [-0.4, -0.2) is 0 Å². The third kappa shape index (κ3) is 4.42. The van der Waals surface area contributed by atoms with E-state index in [1.54, 1.807) is 0 Å². The number of anilines is 3. The van der Waals surface area contributed by atoms with Crippen molar-refractivity contribution in [2.45, 2.75) is 5.41 Å². The normalized spacial score (nSPS) is 13.3. The number of nitrogens with zero attached hydrogens (tertiary/aromatic N) is 1. The van der Waals surface area contributed by atoms with Gasteiger partial charge in [-0.05, 0) is 141 Å². The molecule has 1 heteroatoms. The van der Waals surface area contributed by atoms with Crippen molar-refractivity contribution in [2.75, 3.05) is 4.90 Å². The van der Waals surface area contributed by atoms with Crippen molar-refractivity contribution in [1.29, 1.82) is 0 Å². The Balaban J connectivity index is 0.990. The maximum absolute atomic E-state index is 2.51. The minimum absolute atomic E-state index is 0.435. The Kier molecular flexibility index (Phi) is 6.82. The summed E-state index contributed by atoms with van der Waals surface area (Å²) in [5.41, 5.74) is 21.2.